The molecule has 0 atom stereocenters. The lowest BCUT2D eigenvalue weighted by Crippen LogP contribution is -2.39. The third-order valence-electron chi connectivity index (χ3n) is 2.99. The summed E-state index contributed by atoms with van der Waals surface area (Å²) >= 11 is 0. The first-order chi connectivity index (χ1) is 6.79. The first-order valence-corrected chi connectivity index (χ1v) is 4.86. The highest BCUT2D eigenvalue weighted by Gasteiger charge is 2.43. The van der Waals surface area contributed by atoms with E-state index in [1.165, 1.54) is 7.11 Å². The Morgan fingerprint density at radius 1 is 1.50 bits per heavy atom. The fraction of sp³-hybridized carbons (Fsp3) is 0.600. The standard InChI is InChI=1S/C10H14N2O2/c1-14-9(13)10(4-2-3-5-10)12-7-6-11-8-12/h6-8H,2-5H2,1H3. The van der Waals surface area contributed by atoms with Gasteiger partial charge < -0.3 is 9.30 Å². The zero-order valence-corrected chi connectivity index (χ0v) is 8.27. The molecular formula is C10H14N2O2. The van der Waals surface area contributed by atoms with Crippen molar-refractivity contribution < 1.29 is 9.53 Å². The lowest BCUT2D eigenvalue weighted by Gasteiger charge is -2.27. The van der Waals surface area contributed by atoms with Crippen LogP contribution in [0.1, 0.15) is 25.7 Å². The lowest BCUT2D eigenvalue weighted by molar-refractivity contribution is -0.151. The molecular weight excluding hydrogens is 180 g/mol. The molecule has 0 amide bonds. The molecule has 0 unspecified atom stereocenters. The Morgan fingerprint density at radius 3 is 2.71 bits per heavy atom. The van der Waals surface area contributed by atoms with E-state index in [1.54, 1.807) is 12.5 Å². The summed E-state index contributed by atoms with van der Waals surface area (Å²) in [5.74, 6) is -0.145. The number of rotatable bonds is 2. The second kappa shape index (κ2) is 3.44. The van der Waals surface area contributed by atoms with Crippen molar-refractivity contribution in [2.75, 3.05) is 7.11 Å². The van der Waals surface area contributed by atoms with Crippen LogP contribution in [0.5, 0.6) is 0 Å². The van der Waals surface area contributed by atoms with E-state index in [1.807, 2.05) is 10.8 Å². The molecule has 0 bridgehead atoms. The van der Waals surface area contributed by atoms with Gasteiger partial charge in [-0.3, -0.25) is 0 Å². The molecule has 1 aliphatic rings. The Bertz CT molecular complexity index is 313. The van der Waals surface area contributed by atoms with Gasteiger partial charge in [-0.05, 0) is 12.8 Å². The van der Waals surface area contributed by atoms with Crippen LogP contribution in [-0.2, 0) is 15.1 Å². The predicted molar refractivity (Wildman–Crippen MR) is 50.7 cm³/mol. The SMILES string of the molecule is COC(=O)C1(n2ccnc2)CCCC1. The summed E-state index contributed by atoms with van der Waals surface area (Å²) in [6.07, 6.45) is 9.10. The number of nitrogens with zero attached hydrogens (tertiary/aromatic N) is 2. The van der Waals surface area contributed by atoms with Gasteiger partial charge in [-0.15, -0.1) is 0 Å². The quantitative estimate of drug-likeness (QED) is 0.667. The van der Waals surface area contributed by atoms with Crippen LogP contribution in [0.25, 0.3) is 0 Å². The van der Waals surface area contributed by atoms with Crippen molar-refractivity contribution in [3.63, 3.8) is 0 Å². The molecule has 1 fully saturated rings. The highest BCUT2D eigenvalue weighted by Crippen LogP contribution is 2.37. The summed E-state index contributed by atoms with van der Waals surface area (Å²) in [6, 6.07) is 0. The number of imidazole rings is 1. The monoisotopic (exact) mass is 194 g/mol. The highest BCUT2D eigenvalue weighted by molar-refractivity contribution is 5.79. The topological polar surface area (TPSA) is 44.1 Å². The zero-order chi connectivity index (χ0) is 10.0. The van der Waals surface area contributed by atoms with Gasteiger partial charge in [0.25, 0.3) is 0 Å². The maximum atomic E-state index is 11.8. The molecule has 1 aromatic heterocycles. The molecule has 1 aromatic rings. The molecule has 1 heterocycles. The van der Waals surface area contributed by atoms with Gasteiger partial charge in [0.15, 0.2) is 0 Å². The van der Waals surface area contributed by atoms with Gasteiger partial charge in [-0.25, -0.2) is 9.78 Å². The molecule has 0 aromatic carbocycles. The number of hydrogen-bond acceptors (Lipinski definition) is 3. The summed E-state index contributed by atoms with van der Waals surface area (Å²) in [4.78, 5) is 15.7. The fourth-order valence-corrected chi connectivity index (χ4v) is 2.23. The highest BCUT2D eigenvalue weighted by atomic mass is 16.5. The maximum Gasteiger partial charge on any atom is 0.332 e. The zero-order valence-electron chi connectivity index (χ0n) is 8.27. The summed E-state index contributed by atoms with van der Waals surface area (Å²) in [5.41, 5.74) is -0.481. The molecule has 4 heteroatoms. The molecule has 76 valence electrons. The number of esters is 1. The number of methoxy groups -OCH3 is 1. The van der Waals surface area contributed by atoms with Gasteiger partial charge in [0.2, 0.25) is 0 Å². The van der Waals surface area contributed by atoms with Crippen molar-refractivity contribution in [3.8, 4) is 0 Å². The lowest BCUT2D eigenvalue weighted by atomic mass is 9.98. The Labute approximate surface area is 82.9 Å². The van der Waals surface area contributed by atoms with Crippen LogP contribution in [0.2, 0.25) is 0 Å². The Morgan fingerprint density at radius 2 is 2.21 bits per heavy atom. The molecule has 0 aliphatic heterocycles. The molecule has 2 rings (SSSR count). The second-order valence-electron chi connectivity index (χ2n) is 3.70. The number of ether oxygens (including phenoxy) is 1. The normalized spacial score (nSPS) is 19.5. The molecule has 0 saturated heterocycles. The van der Waals surface area contributed by atoms with Crippen LogP contribution in [0.4, 0.5) is 0 Å². The van der Waals surface area contributed by atoms with Gasteiger partial charge >= 0.3 is 5.97 Å². The van der Waals surface area contributed by atoms with E-state index in [2.05, 4.69) is 4.98 Å². The average Bonchev–Trinajstić information content (AvgIpc) is 2.86. The molecule has 0 radical (unpaired) electrons. The Kier molecular flexibility index (Phi) is 2.27. The number of carbonyl (C=O) groups is 1. The summed E-state index contributed by atoms with van der Waals surface area (Å²) in [7, 11) is 1.44. The third kappa shape index (κ3) is 1.22. The largest absolute Gasteiger partial charge is 0.467 e. The Hall–Kier alpha value is -1.32. The van der Waals surface area contributed by atoms with Crippen molar-refractivity contribution in [2.45, 2.75) is 31.2 Å². The van der Waals surface area contributed by atoms with E-state index in [-0.39, 0.29) is 5.97 Å². The minimum Gasteiger partial charge on any atom is -0.467 e. The van der Waals surface area contributed by atoms with Crippen LogP contribution in [-0.4, -0.2) is 22.6 Å². The van der Waals surface area contributed by atoms with Crippen molar-refractivity contribution in [1.29, 1.82) is 0 Å². The fourth-order valence-electron chi connectivity index (χ4n) is 2.23. The minimum absolute atomic E-state index is 0.145. The van der Waals surface area contributed by atoms with Crippen LogP contribution < -0.4 is 0 Å². The van der Waals surface area contributed by atoms with E-state index in [0.717, 1.165) is 25.7 Å². The van der Waals surface area contributed by atoms with E-state index < -0.39 is 5.54 Å². The Balaban J connectivity index is 2.36. The van der Waals surface area contributed by atoms with Gasteiger partial charge in [-0.2, -0.15) is 0 Å². The average molecular weight is 194 g/mol. The molecule has 4 nitrogen and oxygen atoms in total. The van der Waals surface area contributed by atoms with Crippen LogP contribution in [0, 0.1) is 0 Å². The summed E-state index contributed by atoms with van der Waals surface area (Å²) in [6.45, 7) is 0. The van der Waals surface area contributed by atoms with Gasteiger partial charge in [0, 0.05) is 12.4 Å². The van der Waals surface area contributed by atoms with Crippen molar-refractivity contribution in [1.82, 2.24) is 9.55 Å². The minimum atomic E-state index is -0.481. The van der Waals surface area contributed by atoms with Crippen LogP contribution in [0.3, 0.4) is 0 Å². The molecule has 0 spiro atoms. The maximum absolute atomic E-state index is 11.8. The number of hydrogen-bond donors (Lipinski definition) is 0. The first kappa shape index (κ1) is 9.24. The van der Waals surface area contributed by atoms with E-state index in [0.29, 0.717) is 0 Å². The molecule has 14 heavy (non-hydrogen) atoms. The molecule has 0 N–H and O–H groups in total. The van der Waals surface area contributed by atoms with E-state index in [9.17, 15) is 4.79 Å². The van der Waals surface area contributed by atoms with Crippen molar-refractivity contribution in [3.05, 3.63) is 18.7 Å². The van der Waals surface area contributed by atoms with Crippen molar-refractivity contribution in [2.24, 2.45) is 0 Å². The predicted octanol–water partition coefficient (Wildman–Crippen LogP) is 1.33. The van der Waals surface area contributed by atoms with Gasteiger partial charge in [0.05, 0.1) is 13.4 Å². The molecule has 1 aliphatic carbocycles. The first-order valence-electron chi connectivity index (χ1n) is 4.86. The van der Waals surface area contributed by atoms with E-state index >= 15 is 0 Å². The smallest absolute Gasteiger partial charge is 0.332 e. The van der Waals surface area contributed by atoms with Crippen LogP contribution >= 0.6 is 0 Å². The number of aromatic nitrogens is 2. The second-order valence-corrected chi connectivity index (χ2v) is 3.70. The van der Waals surface area contributed by atoms with E-state index in [4.69, 9.17) is 4.74 Å². The summed E-state index contributed by atoms with van der Waals surface area (Å²) in [5, 5.41) is 0. The van der Waals surface area contributed by atoms with Gasteiger partial charge in [-0.1, -0.05) is 12.8 Å². The third-order valence-corrected chi connectivity index (χ3v) is 2.99. The van der Waals surface area contributed by atoms with Crippen LogP contribution in [0.15, 0.2) is 18.7 Å². The summed E-state index contributed by atoms with van der Waals surface area (Å²) < 4.78 is 6.75. The van der Waals surface area contributed by atoms with Gasteiger partial charge in [0.1, 0.15) is 5.54 Å². The molecule has 1 saturated carbocycles. The van der Waals surface area contributed by atoms with Crippen molar-refractivity contribution >= 4 is 5.97 Å². The number of carbonyl (C=O) groups excluding carboxylic acids is 1.